The fraction of sp³-hybridized carbons (Fsp3) is 0.0476. The monoisotopic (exact) mass is 425 g/mol. The molecule has 0 radical (unpaired) electrons. The van der Waals surface area contributed by atoms with Gasteiger partial charge in [0.2, 0.25) is 11.8 Å². The second-order valence-corrected chi connectivity index (χ2v) is 7.07. The molecule has 0 bridgehead atoms. The first-order valence-corrected chi connectivity index (χ1v) is 9.32. The molecule has 2 heterocycles. The van der Waals surface area contributed by atoms with Crippen LogP contribution in [0.15, 0.2) is 65.4 Å². The molecular weight excluding hydrogens is 413 g/mol. The summed E-state index contributed by atoms with van der Waals surface area (Å²) in [6, 6.07) is 14.1. The van der Waals surface area contributed by atoms with E-state index in [1.807, 2.05) is 30.3 Å². The van der Waals surface area contributed by atoms with Crippen molar-refractivity contribution in [2.45, 2.75) is 6.92 Å². The molecule has 144 valence electrons. The van der Waals surface area contributed by atoms with Crippen molar-refractivity contribution in [3.05, 3.63) is 81.6 Å². The van der Waals surface area contributed by atoms with Gasteiger partial charge in [-0.05, 0) is 24.3 Å². The first-order valence-electron chi connectivity index (χ1n) is 8.56. The summed E-state index contributed by atoms with van der Waals surface area (Å²) in [6.45, 7) is 1.40. The zero-order chi connectivity index (χ0) is 20.5. The standard InChI is InChI=1S/C21H13Cl2N3O3/c1-12(27)26-11-14(19(25-26)13-5-3-2-4-6-13)9-18-21(28)29-20(24-18)16-10-15(22)7-8-17(16)23/h2-11H,1H3/b18-9-. The van der Waals surface area contributed by atoms with Gasteiger partial charge in [0.15, 0.2) is 5.70 Å². The number of aromatic nitrogens is 2. The number of benzene rings is 2. The summed E-state index contributed by atoms with van der Waals surface area (Å²) in [5, 5.41) is 5.13. The number of aliphatic imine (C=N–C) groups is 1. The van der Waals surface area contributed by atoms with Gasteiger partial charge >= 0.3 is 5.97 Å². The van der Waals surface area contributed by atoms with Gasteiger partial charge in [0.05, 0.1) is 10.6 Å². The molecule has 8 heteroatoms. The molecule has 0 spiro atoms. The summed E-state index contributed by atoms with van der Waals surface area (Å²) in [5.41, 5.74) is 2.38. The maximum atomic E-state index is 12.4. The molecule has 6 nitrogen and oxygen atoms in total. The fourth-order valence-electron chi connectivity index (χ4n) is 2.81. The van der Waals surface area contributed by atoms with Crippen LogP contribution in [0.3, 0.4) is 0 Å². The highest BCUT2D eigenvalue weighted by molar-refractivity contribution is 6.36. The third kappa shape index (κ3) is 3.85. The van der Waals surface area contributed by atoms with Gasteiger partial charge in [-0.1, -0.05) is 53.5 Å². The zero-order valence-electron chi connectivity index (χ0n) is 15.1. The van der Waals surface area contributed by atoms with E-state index < -0.39 is 5.97 Å². The van der Waals surface area contributed by atoms with E-state index in [-0.39, 0.29) is 17.5 Å². The molecule has 0 amide bonds. The Balaban J connectivity index is 1.80. The molecule has 0 saturated carbocycles. The van der Waals surface area contributed by atoms with Crippen molar-refractivity contribution in [3.8, 4) is 11.3 Å². The van der Waals surface area contributed by atoms with E-state index in [2.05, 4.69) is 10.1 Å². The van der Waals surface area contributed by atoms with Gasteiger partial charge in [-0.2, -0.15) is 5.10 Å². The lowest BCUT2D eigenvalue weighted by Crippen LogP contribution is -2.06. The van der Waals surface area contributed by atoms with Crippen LogP contribution in [0.4, 0.5) is 0 Å². The molecule has 0 unspecified atom stereocenters. The third-order valence-electron chi connectivity index (χ3n) is 4.18. The summed E-state index contributed by atoms with van der Waals surface area (Å²) in [4.78, 5) is 28.4. The molecule has 0 aliphatic carbocycles. The predicted molar refractivity (Wildman–Crippen MR) is 111 cm³/mol. The van der Waals surface area contributed by atoms with Crippen molar-refractivity contribution in [2.24, 2.45) is 4.99 Å². The largest absolute Gasteiger partial charge is 0.402 e. The normalized spacial score (nSPS) is 14.8. The van der Waals surface area contributed by atoms with Gasteiger partial charge in [0.1, 0.15) is 5.69 Å². The Bertz CT molecular complexity index is 1200. The lowest BCUT2D eigenvalue weighted by atomic mass is 10.1. The number of hydrogen-bond acceptors (Lipinski definition) is 5. The highest BCUT2D eigenvalue weighted by Gasteiger charge is 2.26. The molecule has 0 atom stereocenters. The van der Waals surface area contributed by atoms with Gasteiger partial charge in [0.25, 0.3) is 0 Å². The Morgan fingerprint density at radius 3 is 2.62 bits per heavy atom. The summed E-state index contributed by atoms with van der Waals surface area (Å²) >= 11 is 12.2. The molecule has 1 aliphatic rings. The van der Waals surface area contributed by atoms with E-state index in [1.54, 1.807) is 24.4 Å². The molecule has 1 aliphatic heterocycles. The summed E-state index contributed by atoms with van der Waals surface area (Å²) in [6.07, 6.45) is 3.08. The summed E-state index contributed by atoms with van der Waals surface area (Å²) < 4.78 is 6.49. The van der Waals surface area contributed by atoms with Crippen LogP contribution in [0.5, 0.6) is 0 Å². The average molecular weight is 426 g/mol. The van der Waals surface area contributed by atoms with Crippen LogP contribution in [0.1, 0.15) is 22.8 Å². The Hall–Kier alpha value is -3.22. The van der Waals surface area contributed by atoms with E-state index in [0.29, 0.717) is 26.9 Å². The van der Waals surface area contributed by atoms with Gasteiger partial charge in [-0.25, -0.2) is 14.5 Å². The van der Waals surface area contributed by atoms with Crippen molar-refractivity contribution >= 4 is 47.1 Å². The lowest BCUT2D eigenvalue weighted by molar-refractivity contribution is -0.129. The number of ether oxygens (including phenoxy) is 1. The number of halogens is 2. The molecule has 0 fully saturated rings. The maximum absolute atomic E-state index is 12.4. The second kappa shape index (κ2) is 7.66. The predicted octanol–water partition coefficient (Wildman–Crippen LogP) is 4.86. The van der Waals surface area contributed by atoms with Crippen molar-refractivity contribution < 1.29 is 14.3 Å². The lowest BCUT2D eigenvalue weighted by Gasteiger charge is -2.02. The van der Waals surface area contributed by atoms with Crippen molar-refractivity contribution in [1.29, 1.82) is 0 Å². The smallest absolute Gasteiger partial charge is 0.363 e. The van der Waals surface area contributed by atoms with Crippen LogP contribution in [0.2, 0.25) is 10.0 Å². The third-order valence-corrected chi connectivity index (χ3v) is 4.75. The second-order valence-electron chi connectivity index (χ2n) is 6.22. The molecule has 1 aromatic heterocycles. The molecule has 29 heavy (non-hydrogen) atoms. The molecule has 2 aromatic carbocycles. The maximum Gasteiger partial charge on any atom is 0.363 e. The number of cyclic esters (lactones) is 1. The van der Waals surface area contributed by atoms with Gasteiger partial charge in [-0.3, -0.25) is 4.79 Å². The highest BCUT2D eigenvalue weighted by Crippen LogP contribution is 2.28. The highest BCUT2D eigenvalue weighted by atomic mass is 35.5. The fourth-order valence-corrected chi connectivity index (χ4v) is 3.18. The Morgan fingerprint density at radius 1 is 1.14 bits per heavy atom. The zero-order valence-corrected chi connectivity index (χ0v) is 16.6. The minimum Gasteiger partial charge on any atom is -0.402 e. The van der Waals surface area contributed by atoms with E-state index >= 15 is 0 Å². The average Bonchev–Trinajstić information content (AvgIpc) is 3.29. The molecule has 4 rings (SSSR count). The molecule has 3 aromatic rings. The van der Waals surface area contributed by atoms with Crippen LogP contribution < -0.4 is 0 Å². The topological polar surface area (TPSA) is 73.6 Å². The number of carbonyl (C=O) groups is 2. The SMILES string of the molecule is CC(=O)n1cc(/C=C2\N=C(c3cc(Cl)ccc3Cl)OC2=O)c(-c2ccccc2)n1. The number of nitrogens with zero attached hydrogens (tertiary/aromatic N) is 3. The van der Waals surface area contributed by atoms with Crippen molar-refractivity contribution in [1.82, 2.24) is 9.78 Å². The van der Waals surface area contributed by atoms with Crippen LogP contribution >= 0.6 is 23.2 Å². The van der Waals surface area contributed by atoms with E-state index in [4.69, 9.17) is 27.9 Å². The minimum atomic E-state index is -0.634. The van der Waals surface area contributed by atoms with Gasteiger partial charge < -0.3 is 4.74 Å². The van der Waals surface area contributed by atoms with E-state index in [0.717, 1.165) is 5.56 Å². The molecular formula is C21H13Cl2N3O3. The Labute approximate surface area is 176 Å². The quantitative estimate of drug-likeness (QED) is 0.443. The van der Waals surface area contributed by atoms with E-state index in [1.165, 1.54) is 17.7 Å². The Morgan fingerprint density at radius 2 is 1.90 bits per heavy atom. The first-order chi connectivity index (χ1) is 13.9. The van der Waals surface area contributed by atoms with Crippen LogP contribution in [-0.2, 0) is 9.53 Å². The Kier molecular flexibility index (Phi) is 5.05. The van der Waals surface area contributed by atoms with Crippen LogP contribution in [-0.4, -0.2) is 27.6 Å². The molecule has 0 saturated heterocycles. The number of hydrogen-bond donors (Lipinski definition) is 0. The number of rotatable bonds is 3. The summed E-state index contributed by atoms with van der Waals surface area (Å²) in [7, 11) is 0. The minimum absolute atomic E-state index is 0.0639. The number of esters is 1. The molecule has 0 N–H and O–H groups in total. The van der Waals surface area contributed by atoms with Crippen molar-refractivity contribution in [3.63, 3.8) is 0 Å². The van der Waals surface area contributed by atoms with Crippen LogP contribution in [0.25, 0.3) is 17.3 Å². The van der Waals surface area contributed by atoms with Gasteiger partial charge in [-0.15, -0.1) is 0 Å². The van der Waals surface area contributed by atoms with Crippen LogP contribution in [0, 0.1) is 0 Å². The number of carbonyl (C=O) groups excluding carboxylic acids is 2. The van der Waals surface area contributed by atoms with E-state index in [9.17, 15) is 9.59 Å². The first kappa shape index (κ1) is 19.1. The van der Waals surface area contributed by atoms with Crippen molar-refractivity contribution in [2.75, 3.05) is 0 Å². The summed E-state index contributed by atoms with van der Waals surface area (Å²) in [5.74, 6) is -0.824. The van der Waals surface area contributed by atoms with Gasteiger partial charge in [0, 0.05) is 29.3 Å².